The van der Waals surface area contributed by atoms with Crippen LogP contribution in [0.5, 0.6) is 0 Å². The second kappa shape index (κ2) is 4.45. The standard InChI is InChI=1S/C12H14F3N/c13-9-6-11(15)10(14)5-8(9)7-3-1-2-4-12(7)16/h5-7,12H,1-4,16H2/t7-,12?/m1/s1. The van der Waals surface area contributed by atoms with Gasteiger partial charge in [-0.2, -0.15) is 0 Å². The van der Waals surface area contributed by atoms with Gasteiger partial charge < -0.3 is 5.73 Å². The van der Waals surface area contributed by atoms with Crippen LogP contribution in [0, 0.1) is 17.5 Å². The number of rotatable bonds is 1. The summed E-state index contributed by atoms with van der Waals surface area (Å²) in [4.78, 5) is 0. The Labute approximate surface area is 92.5 Å². The van der Waals surface area contributed by atoms with Crippen LogP contribution in [0.2, 0.25) is 0 Å². The fraction of sp³-hybridized carbons (Fsp3) is 0.500. The number of hydrogen-bond acceptors (Lipinski definition) is 1. The molecule has 2 N–H and O–H groups in total. The number of nitrogens with two attached hydrogens (primary N) is 1. The van der Waals surface area contributed by atoms with Crippen molar-refractivity contribution in [3.63, 3.8) is 0 Å². The lowest BCUT2D eigenvalue weighted by molar-refractivity contribution is 0.372. The average molecular weight is 229 g/mol. The van der Waals surface area contributed by atoms with Crippen LogP contribution < -0.4 is 5.73 Å². The predicted molar refractivity (Wildman–Crippen MR) is 55.5 cm³/mol. The summed E-state index contributed by atoms with van der Waals surface area (Å²) >= 11 is 0. The van der Waals surface area contributed by atoms with E-state index in [1.165, 1.54) is 0 Å². The largest absolute Gasteiger partial charge is 0.327 e. The van der Waals surface area contributed by atoms with E-state index in [1.807, 2.05) is 0 Å². The summed E-state index contributed by atoms with van der Waals surface area (Å²) in [6.45, 7) is 0. The Balaban J connectivity index is 2.35. The Morgan fingerprint density at radius 1 is 0.938 bits per heavy atom. The summed E-state index contributed by atoms with van der Waals surface area (Å²) < 4.78 is 39.4. The third kappa shape index (κ3) is 2.07. The van der Waals surface area contributed by atoms with Gasteiger partial charge in [-0.25, -0.2) is 13.2 Å². The van der Waals surface area contributed by atoms with Crippen LogP contribution in [0.25, 0.3) is 0 Å². The highest BCUT2D eigenvalue weighted by molar-refractivity contribution is 5.25. The van der Waals surface area contributed by atoms with Crippen LogP contribution in [-0.2, 0) is 0 Å². The van der Waals surface area contributed by atoms with Gasteiger partial charge in [-0.05, 0) is 24.5 Å². The van der Waals surface area contributed by atoms with E-state index in [4.69, 9.17) is 5.73 Å². The number of hydrogen-bond donors (Lipinski definition) is 1. The van der Waals surface area contributed by atoms with Crippen LogP contribution in [0.1, 0.15) is 37.2 Å². The van der Waals surface area contributed by atoms with Gasteiger partial charge >= 0.3 is 0 Å². The molecule has 1 saturated carbocycles. The van der Waals surface area contributed by atoms with E-state index in [9.17, 15) is 13.2 Å². The summed E-state index contributed by atoms with van der Waals surface area (Å²) in [6, 6.07) is 1.39. The zero-order valence-electron chi connectivity index (χ0n) is 8.85. The van der Waals surface area contributed by atoms with E-state index in [0.717, 1.165) is 31.7 Å². The molecule has 88 valence electrons. The second-order valence-electron chi connectivity index (χ2n) is 4.34. The first-order chi connectivity index (χ1) is 7.59. The molecular weight excluding hydrogens is 215 g/mol. The van der Waals surface area contributed by atoms with E-state index in [2.05, 4.69) is 0 Å². The maximum atomic E-state index is 13.5. The van der Waals surface area contributed by atoms with Gasteiger partial charge in [0.15, 0.2) is 11.6 Å². The van der Waals surface area contributed by atoms with Crippen molar-refractivity contribution in [2.24, 2.45) is 5.73 Å². The van der Waals surface area contributed by atoms with E-state index in [1.54, 1.807) is 0 Å². The molecule has 4 heteroatoms. The third-order valence-electron chi connectivity index (χ3n) is 3.26. The van der Waals surface area contributed by atoms with Crippen LogP contribution in [0.15, 0.2) is 12.1 Å². The zero-order valence-corrected chi connectivity index (χ0v) is 8.85. The van der Waals surface area contributed by atoms with Crippen molar-refractivity contribution in [2.45, 2.75) is 37.6 Å². The molecule has 2 rings (SSSR count). The van der Waals surface area contributed by atoms with Crippen molar-refractivity contribution in [3.8, 4) is 0 Å². The minimum absolute atomic E-state index is 0.159. The molecule has 1 unspecified atom stereocenters. The summed E-state index contributed by atoms with van der Waals surface area (Å²) in [6.07, 6.45) is 3.52. The van der Waals surface area contributed by atoms with Crippen LogP contribution >= 0.6 is 0 Å². The highest BCUT2D eigenvalue weighted by atomic mass is 19.2. The lowest BCUT2D eigenvalue weighted by Gasteiger charge is -2.29. The van der Waals surface area contributed by atoms with Crippen molar-refractivity contribution in [2.75, 3.05) is 0 Å². The lowest BCUT2D eigenvalue weighted by Crippen LogP contribution is -2.32. The first-order valence-electron chi connectivity index (χ1n) is 5.49. The monoisotopic (exact) mass is 229 g/mol. The molecule has 0 heterocycles. The van der Waals surface area contributed by atoms with Gasteiger partial charge in [0.05, 0.1) is 0 Å². The molecule has 2 atom stereocenters. The van der Waals surface area contributed by atoms with Crippen molar-refractivity contribution in [3.05, 3.63) is 35.1 Å². The fourth-order valence-corrected chi connectivity index (χ4v) is 2.37. The molecule has 1 aliphatic rings. The predicted octanol–water partition coefficient (Wildman–Crippen LogP) is 3.09. The molecule has 0 amide bonds. The summed E-state index contributed by atoms with van der Waals surface area (Å²) in [5.41, 5.74) is 6.10. The first-order valence-corrected chi connectivity index (χ1v) is 5.49. The Kier molecular flexibility index (Phi) is 3.19. The topological polar surface area (TPSA) is 26.0 Å². The molecule has 16 heavy (non-hydrogen) atoms. The molecule has 0 bridgehead atoms. The Morgan fingerprint density at radius 3 is 2.25 bits per heavy atom. The summed E-state index contributed by atoms with van der Waals surface area (Å²) in [7, 11) is 0. The highest BCUT2D eigenvalue weighted by Gasteiger charge is 2.26. The molecule has 0 saturated heterocycles. The van der Waals surface area contributed by atoms with E-state index >= 15 is 0 Å². The van der Waals surface area contributed by atoms with Crippen molar-refractivity contribution < 1.29 is 13.2 Å². The smallest absolute Gasteiger partial charge is 0.161 e. The van der Waals surface area contributed by atoms with Crippen molar-refractivity contribution in [1.82, 2.24) is 0 Å². The van der Waals surface area contributed by atoms with Crippen LogP contribution in [0.3, 0.4) is 0 Å². The average Bonchev–Trinajstić information content (AvgIpc) is 2.25. The fourth-order valence-electron chi connectivity index (χ4n) is 2.37. The SMILES string of the molecule is NC1CCCC[C@@H]1c1cc(F)c(F)cc1F. The summed E-state index contributed by atoms with van der Waals surface area (Å²) in [5, 5.41) is 0. The molecule has 0 aromatic heterocycles. The molecule has 0 spiro atoms. The van der Waals surface area contributed by atoms with Crippen LogP contribution in [-0.4, -0.2) is 6.04 Å². The third-order valence-corrected chi connectivity index (χ3v) is 3.26. The molecule has 1 aromatic carbocycles. The molecule has 0 aliphatic heterocycles. The first kappa shape index (κ1) is 11.5. The summed E-state index contributed by atoms with van der Waals surface area (Å²) in [5.74, 6) is -3.04. The normalized spacial score (nSPS) is 25.8. The van der Waals surface area contributed by atoms with Crippen molar-refractivity contribution >= 4 is 0 Å². The Bertz CT molecular complexity index is 392. The molecule has 1 nitrogen and oxygen atoms in total. The van der Waals surface area contributed by atoms with Gasteiger partial charge in [0.25, 0.3) is 0 Å². The van der Waals surface area contributed by atoms with E-state index < -0.39 is 17.5 Å². The van der Waals surface area contributed by atoms with Gasteiger partial charge in [-0.15, -0.1) is 0 Å². The van der Waals surface area contributed by atoms with Gasteiger partial charge in [-0.3, -0.25) is 0 Å². The van der Waals surface area contributed by atoms with Gasteiger partial charge in [-0.1, -0.05) is 12.8 Å². The lowest BCUT2D eigenvalue weighted by atomic mass is 9.80. The van der Waals surface area contributed by atoms with Crippen LogP contribution in [0.4, 0.5) is 13.2 Å². The van der Waals surface area contributed by atoms with Gasteiger partial charge in [0.2, 0.25) is 0 Å². The van der Waals surface area contributed by atoms with E-state index in [0.29, 0.717) is 6.07 Å². The molecule has 1 aromatic rings. The van der Waals surface area contributed by atoms with Crippen molar-refractivity contribution in [1.29, 1.82) is 0 Å². The number of benzene rings is 1. The zero-order chi connectivity index (χ0) is 11.7. The Morgan fingerprint density at radius 2 is 1.56 bits per heavy atom. The molecular formula is C12H14F3N. The van der Waals surface area contributed by atoms with Gasteiger partial charge in [0.1, 0.15) is 5.82 Å². The maximum absolute atomic E-state index is 13.5. The molecule has 1 aliphatic carbocycles. The minimum atomic E-state index is -1.15. The highest BCUT2D eigenvalue weighted by Crippen LogP contribution is 2.34. The van der Waals surface area contributed by atoms with E-state index in [-0.39, 0.29) is 17.5 Å². The molecule has 1 fully saturated rings. The maximum Gasteiger partial charge on any atom is 0.161 e. The minimum Gasteiger partial charge on any atom is -0.327 e. The number of halogens is 3. The molecule has 0 radical (unpaired) electrons. The quantitative estimate of drug-likeness (QED) is 0.736. The Hall–Kier alpha value is -1.03. The second-order valence-corrected chi connectivity index (χ2v) is 4.34. The van der Waals surface area contributed by atoms with Gasteiger partial charge in [0, 0.05) is 18.0 Å².